The van der Waals surface area contributed by atoms with Crippen LogP contribution in [0.3, 0.4) is 0 Å². The first-order valence-corrected chi connectivity index (χ1v) is 16.4. The third kappa shape index (κ3) is 7.46. The van der Waals surface area contributed by atoms with E-state index in [0.717, 1.165) is 63.7 Å². The summed E-state index contributed by atoms with van der Waals surface area (Å²) < 4.78 is 45.3. The molecular weight excluding hydrogens is 453 g/mol. The van der Waals surface area contributed by atoms with Crippen LogP contribution in [0.15, 0.2) is 0 Å². The summed E-state index contributed by atoms with van der Waals surface area (Å²) in [4.78, 5) is 0. The van der Waals surface area contributed by atoms with Crippen molar-refractivity contribution in [2.75, 3.05) is 0 Å². The van der Waals surface area contributed by atoms with E-state index >= 15 is 8.78 Å². The fourth-order valence-electron chi connectivity index (χ4n) is 9.16. The number of unbranched alkanes of at least 4 members (excludes halogenated alkanes) is 1. The third-order valence-corrected chi connectivity index (χ3v) is 11.6. The molecule has 0 heterocycles. The Balaban J connectivity index is 1.14. The highest BCUT2D eigenvalue weighted by atomic mass is 19.2. The zero-order chi connectivity index (χ0) is 25.5. The Hall–Kier alpha value is -0.210. The predicted molar refractivity (Wildman–Crippen MR) is 146 cm³/mol. The zero-order valence-electron chi connectivity index (χ0n) is 23.6. The van der Waals surface area contributed by atoms with Gasteiger partial charge < -0.3 is 0 Å². The minimum Gasteiger partial charge on any atom is -0.247 e. The van der Waals surface area contributed by atoms with Crippen molar-refractivity contribution in [2.24, 2.45) is 47.3 Å². The van der Waals surface area contributed by atoms with E-state index in [0.29, 0.717) is 29.6 Å². The molecule has 4 aliphatic rings. The van der Waals surface area contributed by atoms with Crippen LogP contribution >= 0.6 is 0 Å². The molecule has 4 fully saturated rings. The summed E-state index contributed by atoms with van der Waals surface area (Å²) in [5.41, 5.74) is 0. The summed E-state index contributed by atoms with van der Waals surface area (Å²) in [6.45, 7) is 4.46. The fourth-order valence-corrected chi connectivity index (χ4v) is 9.16. The molecule has 0 amide bonds. The minimum atomic E-state index is -1.24. The molecule has 0 radical (unpaired) electrons. The van der Waals surface area contributed by atoms with E-state index in [1.165, 1.54) is 70.6 Å². The van der Waals surface area contributed by atoms with Gasteiger partial charge in [-0.1, -0.05) is 71.6 Å². The molecule has 0 N–H and O–H groups in total. The summed E-state index contributed by atoms with van der Waals surface area (Å²) >= 11 is 0. The summed E-state index contributed by atoms with van der Waals surface area (Å²) in [6.07, 6.45) is 19.5. The van der Waals surface area contributed by atoms with E-state index in [1.54, 1.807) is 0 Å². The molecule has 4 aliphatic carbocycles. The van der Waals surface area contributed by atoms with Crippen molar-refractivity contribution in [1.82, 2.24) is 0 Å². The predicted octanol–water partition coefficient (Wildman–Crippen LogP) is 10.8. The molecule has 0 aromatic rings. The molecule has 0 aromatic carbocycles. The molecule has 36 heavy (non-hydrogen) atoms. The second-order valence-corrected chi connectivity index (χ2v) is 13.8. The van der Waals surface area contributed by atoms with Gasteiger partial charge in [-0.15, -0.1) is 0 Å². The Morgan fingerprint density at radius 1 is 0.500 bits per heavy atom. The van der Waals surface area contributed by atoms with Crippen LogP contribution in [0.25, 0.3) is 0 Å². The lowest BCUT2D eigenvalue weighted by molar-refractivity contribution is -0.0164. The van der Waals surface area contributed by atoms with Gasteiger partial charge in [0.1, 0.15) is 18.5 Å². The van der Waals surface area contributed by atoms with Gasteiger partial charge in [-0.2, -0.15) is 0 Å². The number of hydrogen-bond donors (Lipinski definition) is 0. The van der Waals surface area contributed by atoms with Crippen molar-refractivity contribution < 1.29 is 13.2 Å². The summed E-state index contributed by atoms with van der Waals surface area (Å²) in [6, 6.07) is 0. The molecule has 3 heteroatoms. The van der Waals surface area contributed by atoms with Gasteiger partial charge in [-0.25, -0.2) is 13.2 Å². The first-order valence-electron chi connectivity index (χ1n) is 16.4. The van der Waals surface area contributed by atoms with E-state index in [2.05, 4.69) is 13.8 Å². The van der Waals surface area contributed by atoms with E-state index in [1.807, 2.05) is 0 Å². The number of halogens is 3. The molecule has 4 rings (SSSR count). The molecule has 0 nitrogen and oxygen atoms in total. The molecule has 0 aliphatic heterocycles. The van der Waals surface area contributed by atoms with Crippen LogP contribution in [0, 0.1) is 47.3 Å². The second kappa shape index (κ2) is 14.3. The Kier molecular flexibility index (Phi) is 11.4. The molecule has 0 spiro atoms. The summed E-state index contributed by atoms with van der Waals surface area (Å²) in [5, 5.41) is 0. The quantitative estimate of drug-likeness (QED) is 0.274. The maximum atomic E-state index is 15.3. The van der Waals surface area contributed by atoms with Gasteiger partial charge in [0.05, 0.1) is 0 Å². The first-order chi connectivity index (χ1) is 17.5. The Bertz CT molecular complexity index is 606. The second-order valence-electron chi connectivity index (χ2n) is 13.8. The molecule has 0 saturated heterocycles. The van der Waals surface area contributed by atoms with Gasteiger partial charge in [0.25, 0.3) is 0 Å². The van der Waals surface area contributed by atoms with Crippen LogP contribution in [-0.4, -0.2) is 18.5 Å². The van der Waals surface area contributed by atoms with Crippen LogP contribution in [-0.2, 0) is 0 Å². The minimum absolute atomic E-state index is 0.0225. The average Bonchev–Trinajstić information content (AvgIpc) is 2.90. The van der Waals surface area contributed by atoms with E-state index in [4.69, 9.17) is 0 Å². The smallest absolute Gasteiger partial charge is 0.134 e. The van der Waals surface area contributed by atoms with Gasteiger partial charge in [0.15, 0.2) is 0 Å². The maximum absolute atomic E-state index is 15.3. The van der Waals surface area contributed by atoms with Crippen LogP contribution in [0.2, 0.25) is 0 Å². The van der Waals surface area contributed by atoms with Crippen molar-refractivity contribution in [1.29, 1.82) is 0 Å². The van der Waals surface area contributed by atoms with Crippen molar-refractivity contribution in [3.05, 3.63) is 0 Å². The van der Waals surface area contributed by atoms with Crippen LogP contribution in [0.1, 0.15) is 142 Å². The van der Waals surface area contributed by atoms with Gasteiger partial charge in [-0.3, -0.25) is 0 Å². The lowest BCUT2D eigenvalue weighted by Crippen LogP contribution is -2.42. The highest BCUT2D eigenvalue weighted by Crippen LogP contribution is 2.47. The SMILES string of the molecule is CCCCC1CCC(C2CCC(CCC3CCC(C4CCC(CCC)CC4)C(F)[C@H]3F)CC2)CC1F. The number of rotatable bonds is 10. The first kappa shape index (κ1) is 28.8. The summed E-state index contributed by atoms with van der Waals surface area (Å²) in [7, 11) is 0. The largest absolute Gasteiger partial charge is 0.247 e. The Labute approximate surface area is 221 Å². The average molecular weight is 511 g/mol. The lowest BCUT2D eigenvalue weighted by atomic mass is 9.65. The number of alkyl halides is 3. The maximum Gasteiger partial charge on any atom is 0.134 e. The standard InChI is InChI=1S/C33H57F3/c1-3-5-7-27-18-19-29(22-31(27)34)25-13-8-24(9-14-25)12-17-28-20-21-30(33(36)32(28)35)26-15-10-23(6-4-2)11-16-26/h23-33H,3-22H2,1-2H3/t23?,24?,25?,26?,27?,28?,29?,30?,31?,32-,33?/m0/s1. The molecule has 0 bridgehead atoms. The molecule has 0 aromatic heterocycles. The summed E-state index contributed by atoms with van der Waals surface area (Å²) in [5.74, 6) is 3.47. The lowest BCUT2D eigenvalue weighted by Gasteiger charge is -2.42. The van der Waals surface area contributed by atoms with Crippen LogP contribution in [0.4, 0.5) is 13.2 Å². The molecule has 6 unspecified atom stereocenters. The zero-order valence-corrected chi connectivity index (χ0v) is 23.6. The Morgan fingerprint density at radius 2 is 1.11 bits per heavy atom. The normalized spacial score (nSPS) is 44.4. The van der Waals surface area contributed by atoms with Crippen LogP contribution < -0.4 is 0 Å². The molecule has 210 valence electrons. The monoisotopic (exact) mass is 510 g/mol. The fraction of sp³-hybridized carbons (Fsp3) is 1.00. The van der Waals surface area contributed by atoms with Crippen LogP contribution in [0.5, 0.6) is 0 Å². The topological polar surface area (TPSA) is 0 Å². The van der Waals surface area contributed by atoms with Gasteiger partial charge in [0, 0.05) is 0 Å². The third-order valence-electron chi connectivity index (χ3n) is 11.6. The van der Waals surface area contributed by atoms with Crippen molar-refractivity contribution >= 4 is 0 Å². The van der Waals surface area contributed by atoms with E-state index in [-0.39, 0.29) is 11.8 Å². The molecular formula is C33H57F3. The van der Waals surface area contributed by atoms with E-state index in [9.17, 15) is 4.39 Å². The molecule has 7 atom stereocenters. The van der Waals surface area contributed by atoms with Crippen molar-refractivity contribution in [3.63, 3.8) is 0 Å². The highest BCUT2D eigenvalue weighted by molar-refractivity contribution is 4.93. The van der Waals surface area contributed by atoms with Gasteiger partial charge in [-0.05, 0) is 118 Å². The van der Waals surface area contributed by atoms with Crippen molar-refractivity contribution in [3.8, 4) is 0 Å². The number of hydrogen-bond acceptors (Lipinski definition) is 0. The van der Waals surface area contributed by atoms with Crippen molar-refractivity contribution in [2.45, 2.75) is 161 Å². The van der Waals surface area contributed by atoms with Gasteiger partial charge >= 0.3 is 0 Å². The molecule has 4 saturated carbocycles. The highest BCUT2D eigenvalue weighted by Gasteiger charge is 2.44. The van der Waals surface area contributed by atoms with E-state index < -0.39 is 18.5 Å². The Morgan fingerprint density at radius 3 is 1.75 bits per heavy atom. The van der Waals surface area contributed by atoms with Gasteiger partial charge in [0.2, 0.25) is 0 Å².